The Morgan fingerprint density at radius 1 is 1.00 bits per heavy atom. The van der Waals surface area contributed by atoms with Crippen molar-refractivity contribution in [3.05, 3.63) is 106 Å². The van der Waals surface area contributed by atoms with Crippen LogP contribution in [-0.4, -0.2) is 37.4 Å². The van der Waals surface area contributed by atoms with Crippen molar-refractivity contribution >= 4 is 43.8 Å². The Labute approximate surface area is 237 Å². The smallest absolute Gasteiger partial charge is 0.263 e. The molecule has 39 heavy (non-hydrogen) atoms. The topological polar surface area (TPSA) is 93.0 Å². The number of halogens is 1. The van der Waals surface area contributed by atoms with Gasteiger partial charge in [-0.15, -0.1) is 0 Å². The number of amides is 1. The van der Waals surface area contributed by atoms with Crippen LogP contribution >= 0.6 is 15.9 Å². The van der Waals surface area contributed by atoms with Gasteiger partial charge in [0.05, 0.1) is 18.2 Å². The first kappa shape index (κ1) is 28.1. The fourth-order valence-corrected chi connectivity index (χ4v) is 5.85. The fourth-order valence-electron chi connectivity index (χ4n) is 4.28. The van der Waals surface area contributed by atoms with Crippen molar-refractivity contribution in [3.63, 3.8) is 0 Å². The van der Waals surface area contributed by atoms with Crippen molar-refractivity contribution in [2.45, 2.75) is 26.8 Å². The van der Waals surface area contributed by atoms with Gasteiger partial charge in [-0.2, -0.15) is 5.10 Å². The van der Waals surface area contributed by atoms with E-state index in [-0.39, 0.29) is 0 Å². The zero-order valence-electron chi connectivity index (χ0n) is 22.0. The van der Waals surface area contributed by atoms with Gasteiger partial charge in [0.25, 0.3) is 5.91 Å². The molecule has 0 aliphatic heterocycles. The van der Waals surface area contributed by atoms with Crippen molar-refractivity contribution in [3.8, 4) is 17.2 Å². The summed E-state index contributed by atoms with van der Waals surface area (Å²) in [4.78, 5) is 13.0. The Morgan fingerprint density at radius 2 is 1.67 bits per heavy atom. The number of para-hydroxylation sites is 1. The van der Waals surface area contributed by atoms with E-state index >= 15 is 0 Å². The van der Waals surface area contributed by atoms with Crippen LogP contribution in [0.25, 0.3) is 5.69 Å². The molecule has 4 rings (SSSR count). The molecule has 8 nitrogen and oxygen atoms in total. The molecule has 0 saturated heterocycles. The first-order chi connectivity index (χ1) is 18.5. The summed E-state index contributed by atoms with van der Waals surface area (Å²) in [5.74, 6) is 0.635. The maximum Gasteiger partial charge on any atom is 0.263 e. The molecular formula is C29H29BrN4O4S. The zero-order valence-corrected chi connectivity index (χ0v) is 24.4. The molecule has 0 fully saturated rings. The summed E-state index contributed by atoms with van der Waals surface area (Å²) in [7, 11) is -3.78. The molecule has 4 aromatic rings. The van der Waals surface area contributed by atoms with Crippen LogP contribution < -0.4 is 14.5 Å². The van der Waals surface area contributed by atoms with E-state index in [9.17, 15) is 13.2 Å². The quantitative estimate of drug-likeness (QED) is 0.188. The van der Waals surface area contributed by atoms with Gasteiger partial charge in [0.15, 0.2) is 0 Å². The minimum absolute atomic E-state index is 0.335. The molecule has 0 unspecified atom stereocenters. The standard InChI is InChI=1S/C29H29BrN4O4S/c1-20-17-23(21(2)33(20)26-10-8-9-24(30)18-26)19-31-32-29(35)22(3)34(39(4,36)37)25-13-15-28(16-14-25)38-27-11-6-5-7-12-27/h5-19,22H,1-4H3,(H,32,35)/b31-19-/t22-/m0/s1. The van der Waals surface area contributed by atoms with E-state index in [4.69, 9.17) is 4.74 Å². The Hall–Kier alpha value is -3.89. The van der Waals surface area contributed by atoms with E-state index in [1.807, 2.05) is 74.5 Å². The molecule has 1 aromatic heterocycles. The Morgan fingerprint density at radius 3 is 2.31 bits per heavy atom. The monoisotopic (exact) mass is 608 g/mol. The van der Waals surface area contributed by atoms with Gasteiger partial charge in [-0.25, -0.2) is 13.8 Å². The number of ether oxygens (including phenoxy) is 1. The highest BCUT2D eigenvalue weighted by atomic mass is 79.9. The van der Waals surface area contributed by atoms with E-state index in [1.165, 1.54) is 6.92 Å². The number of hydrogen-bond acceptors (Lipinski definition) is 5. The van der Waals surface area contributed by atoms with E-state index in [1.54, 1.807) is 30.5 Å². The molecule has 0 aliphatic rings. The third-order valence-electron chi connectivity index (χ3n) is 6.07. The minimum Gasteiger partial charge on any atom is -0.457 e. The number of hydrogen-bond donors (Lipinski definition) is 1. The predicted molar refractivity (Wildman–Crippen MR) is 158 cm³/mol. The van der Waals surface area contributed by atoms with E-state index in [0.29, 0.717) is 17.2 Å². The molecule has 0 radical (unpaired) electrons. The number of anilines is 1. The summed E-state index contributed by atoms with van der Waals surface area (Å²) in [6.45, 7) is 5.47. The van der Waals surface area contributed by atoms with Crippen LogP contribution in [0.5, 0.6) is 11.5 Å². The number of rotatable bonds is 9. The van der Waals surface area contributed by atoms with Crippen LogP contribution in [0.1, 0.15) is 23.9 Å². The molecule has 0 bridgehead atoms. The molecule has 1 amide bonds. The minimum atomic E-state index is -3.78. The second-order valence-corrected chi connectivity index (χ2v) is 11.8. The van der Waals surface area contributed by atoms with Crippen molar-refractivity contribution in [1.82, 2.24) is 9.99 Å². The molecule has 0 saturated carbocycles. The predicted octanol–water partition coefficient (Wildman–Crippen LogP) is 5.95. The third-order valence-corrected chi connectivity index (χ3v) is 7.81. The van der Waals surface area contributed by atoms with Gasteiger partial charge in [-0.05, 0) is 81.4 Å². The molecule has 202 valence electrons. The average Bonchev–Trinajstić information content (AvgIpc) is 3.17. The highest BCUT2D eigenvalue weighted by Crippen LogP contribution is 2.27. The van der Waals surface area contributed by atoms with Gasteiger partial charge in [0.1, 0.15) is 17.5 Å². The second-order valence-electron chi connectivity index (χ2n) is 9.02. The van der Waals surface area contributed by atoms with Crippen molar-refractivity contribution in [1.29, 1.82) is 0 Å². The Kier molecular flexibility index (Phi) is 8.57. The normalized spacial score (nSPS) is 12.3. The summed E-state index contributed by atoms with van der Waals surface area (Å²) in [5.41, 5.74) is 6.61. The molecule has 1 heterocycles. The molecule has 0 aliphatic carbocycles. The zero-order chi connectivity index (χ0) is 28.2. The van der Waals surface area contributed by atoms with Crippen molar-refractivity contribution < 1.29 is 17.9 Å². The Bertz CT molecular complexity index is 1600. The maximum absolute atomic E-state index is 13.0. The summed E-state index contributed by atoms with van der Waals surface area (Å²) in [5, 5.41) is 4.12. The number of nitrogens with zero attached hydrogens (tertiary/aromatic N) is 3. The van der Waals surface area contributed by atoms with Crippen LogP contribution in [0.15, 0.2) is 94.5 Å². The molecular weight excluding hydrogens is 580 g/mol. The van der Waals surface area contributed by atoms with Gasteiger partial charge in [-0.1, -0.05) is 40.2 Å². The molecule has 3 aromatic carbocycles. The van der Waals surface area contributed by atoms with Crippen molar-refractivity contribution in [2.24, 2.45) is 5.10 Å². The number of sulfonamides is 1. The summed E-state index contributed by atoms with van der Waals surface area (Å²) >= 11 is 3.51. The van der Waals surface area contributed by atoms with Gasteiger partial charge >= 0.3 is 0 Å². The number of nitrogens with one attached hydrogen (secondary N) is 1. The number of carbonyl (C=O) groups is 1. The van der Waals surface area contributed by atoms with Crippen LogP contribution in [0.4, 0.5) is 5.69 Å². The highest BCUT2D eigenvalue weighted by Gasteiger charge is 2.29. The lowest BCUT2D eigenvalue weighted by molar-refractivity contribution is -0.121. The fraction of sp³-hybridized carbons (Fsp3) is 0.172. The Balaban J connectivity index is 1.48. The number of benzene rings is 3. The lowest BCUT2D eigenvalue weighted by atomic mass is 10.2. The lowest BCUT2D eigenvalue weighted by Gasteiger charge is -2.27. The number of aryl methyl sites for hydroxylation is 1. The third kappa shape index (κ3) is 6.76. The van der Waals surface area contributed by atoms with Crippen LogP contribution in [0.2, 0.25) is 0 Å². The number of aromatic nitrogens is 1. The van der Waals surface area contributed by atoms with Gasteiger partial charge in [-0.3, -0.25) is 9.10 Å². The van der Waals surface area contributed by atoms with Crippen LogP contribution in [-0.2, 0) is 14.8 Å². The largest absolute Gasteiger partial charge is 0.457 e. The maximum atomic E-state index is 13.0. The van der Waals surface area contributed by atoms with Gasteiger partial charge in [0, 0.05) is 27.1 Å². The molecule has 1 N–H and O–H groups in total. The van der Waals surface area contributed by atoms with Crippen LogP contribution in [0, 0.1) is 13.8 Å². The molecule has 0 spiro atoms. The second kappa shape index (κ2) is 11.9. The summed E-state index contributed by atoms with van der Waals surface area (Å²) in [6.07, 6.45) is 2.62. The molecule has 1 atom stereocenters. The van der Waals surface area contributed by atoms with Gasteiger partial charge in [0.2, 0.25) is 10.0 Å². The van der Waals surface area contributed by atoms with E-state index in [0.717, 1.165) is 37.7 Å². The first-order valence-corrected chi connectivity index (χ1v) is 14.8. The summed E-state index contributed by atoms with van der Waals surface area (Å²) in [6, 6.07) is 24.6. The summed E-state index contributed by atoms with van der Waals surface area (Å²) < 4.78 is 35.2. The number of hydrazone groups is 1. The number of carbonyl (C=O) groups excluding carboxylic acids is 1. The van der Waals surface area contributed by atoms with E-state index < -0.39 is 22.0 Å². The SMILES string of the molecule is Cc1cc(/C=N\NC(=O)[C@H](C)N(c2ccc(Oc3ccccc3)cc2)S(C)(=O)=O)c(C)n1-c1cccc(Br)c1. The average molecular weight is 610 g/mol. The van der Waals surface area contributed by atoms with Gasteiger partial charge < -0.3 is 9.30 Å². The van der Waals surface area contributed by atoms with Crippen LogP contribution in [0.3, 0.4) is 0 Å². The first-order valence-electron chi connectivity index (χ1n) is 12.1. The van der Waals surface area contributed by atoms with E-state index in [2.05, 4.69) is 31.0 Å². The molecule has 10 heteroatoms. The highest BCUT2D eigenvalue weighted by molar-refractivity contribution is 9.10. The lowest BCUT2D eigenvalue weighted by Crippen LogP contribution is -2.46. The van der Waals surface area contributed by atoms with Crippen molar-refractivity contribution in [2.75, 3.05) is 10.6 Å².